The number of aromatic nitrogens is 2. The van der Waals surface area contributed by atoms with Crippen LogP contribution in [0.4, 0.5) is 0 Å². The highest BCUT2D eigenvalue weighted by Gasteiger charge is 2.18. The maximum atomic E-state index is 11.1. The number of imidazole rings is 1. The lowest BCUT2D eigenvalue weighted by atomic mass is 9.98. The fourth-order valence-electron chi connectivity index (χ4n) is 3.57. The summed E-state index contributed by atoms with van der Waals surface area (Å²) in [7, 11) is 0. The van der Waals surface area contributed by atoms with Crippen LogP contribution in [0.2, 0.25) is 0 Å². The molecule has 0 atom stereocenters. The zero-order valence-electron chi connectivity index (χ0n) is 13.6. The Bertz CT molecular complexity index is 642. The van der Waals surface area contributed by atoms with Gasteiger partial charge in [-0.15, -0.1) is 0 Å². The molecule has 1 amide bonds. The molecule has 1 fully saturated rings. The second-order valence-corrected chi connectivity index (χ2v) is 6.50. The highest BCUT2D eigenvalue weighted by atomic mass is 16.1. The number of aryl methyl sites for hydroxylation is 1. The maximum Gasteiger partial charge on any atom is 0.219 e. The molecule has 1 aliphatic rings. The molecule has 2 aromatic rings. The quantitative estimate of drug-likeness (QED) is 0.850. The van der Waals surface area contributed by atoms with Crippen LogP contribution in [0.1, 0.15) is 44.2 Å². The summed E-state index contributed by atoms with van der Waals surface area (Å²) in [6.45, 7) is 0.620. The molecule has 1 aliphatic carbocycles. The lowest BCUT2D eigenvalue weighted by molar-refractivity contribution is -0.118. The number of hydrogen-bond donors (Lipinski definition) is 1. The fraction of sp³-hybridized carbons (Fsp3) is 0.474. The van der Waals surface area contributed by atoms with Crippen molar-refractivity contribution in [2.24, 2.45) is 11.7 Å². The van der Waals surface area contributed by atoms with Gasteiger partial charge in [-0.3, -0.25) is 4.79 Å². The molecule has 0 bridgehead atoms. The fourth-order valence-corrected chi connectivity index (χ4v) is 3.57. The van der Waals surface area contributed by atoms with Crippen molar-refractivity contribution in [2.45, 2.75) is 51.5 Å². The first-order valence-electron chi connectivity index (χ1n) is 8.62. The first kappa shape index (κ1) is 15.8. The van der Waals surface area contributed by atoms with Crippen LogP contribution < -0.4 is 5.73 Å². The maximum absolute atomic E-state index is 11.1. The minimum atomic E-state index is -0.262. The second-order valence-electron chi connectivity index (χ2n) is 6.50. The lowest BCUT2D eigenvalue weighted by Gasteiger charge is -2.13. The standard InChI is InChI=1S/C19H25N3O/c20-18(23)12-13-22-14-21-19(16-8-2-1-3-9-16)17(22)11-10-15-6-4-5-7-15/h1-3,8-9,14-15H,4-7,10-13H2,(H2,20,23). The summed E-state index contributed by atoms with van der Waals surface area (Å²) in [4.78, 5) is 15.7. The molecule has 0 saturated heterocycles. The Kier molecular flexibility index (Phi) is 5.11. The smallest absolute Gasteiger partial charge is 0.219 e. The molecule has 1 saturated carbocycles. The minimum Gasteiger partial charge on any atom is -0.370 e. The van der Waals surface area contributed by atoms with E-state index in [9.17, 15) is 4.79 Å². The van der Waals surface area contributed by atoms with Crippen molar-refractivity contribution in [3.05, 3.63) is 42.4 Å². The van der Waals surface area contributed by atoms with E-state index in [-0.39, 0.29) is 5.91 Å². The lowest BCUT2D eigenvalue weighted by Crippen LogP contribution is -2.15. The summed E-state index contributed by atoms with van der Waals surface area (Å²) in [6.07, 6.45) is 9.91. The number of nitrogens with two attached hydrogens (primary N) is 1. The van der Waals surface area contributed by atoms with Crippen LogP contribution >= 0.6 is 0 Å². The van der Waals surface area contributed by atoms with E-state index in [1.165, 1.54) is 37.8 Å². The van der Waals surface area contributed by atoms with Gasteiger partial charge in [0.1, 0.15) is 0 Å². The Hall–Kier alpha value is -2.10. The van der Waals surface area contributed by atoms with Crippen molar-refractivity contribution >= 4 is 5.91 Å². The predicted octanol–water partition coefficient (Wildman–Crippen LogP) is 3.55. The molecule has 4 nitrogen and oxygen atoms in total. The van der Waals surface area contributed by atoms with Crippen LogP contribution in [0.5, 0.6) is 0 Å². The number of carbonyl (C=O) groups excluding carboxylic acids is 1. The number of primary amides is 1. The number of carbonyl (C=O) groups is 1. The third kappa shape index (κ3) is 4.01. The summed E-state index contributed by atoms with van der Waals surface area (Å²) in [5, 5.41) is 0. The summed E-state index contributed by atoms with van der Waals surface area (Å²) in [5.74, 6) is 0.583. The van der Waals surface area contributed by atoms with Crippen LogP contribution in [-0.2, 0) is 17.8 Å². The molecule has 0 aliphatic heterocycles. The van der Waals surface area contributed by atoms with Crippen LogP contribution in [-0.4, -0.2) is 15.5 Å². The zero-order valence-corrected chi connectivity index (χ0v) is 13.6. The normalized spacial score (nSPS) is 15.1. The number of benzene rings is 1. The van der Waals surface area contributed by atoms with Gasteiger partial charge in [-0.2, -0.15) is 0 Å². The Labute approximate surface area is 137 Å². The number of hydrogen-bond acceptors (Lipinski definition) is 2. The molecule has 0 radical (unpaired) electrons. The minimum absolute atomic E-state index is 0.262. The first-order chi connectivity index (χ1) is 11.2. The van der Waals surface area contributed by atoms with Gasteiger partial charge in [-0.1, -0.05) is 56.0 Å². The predicted molar refractivity (Wildman–Crippen MR) is 91.8 cm³/mol. The van der Waals surface area contributed by atoms with Crippen LogP contribution in [0, 0.1) is 5.92 Å². The summed E-state index contributed by atoms with van der Waals surface area (Å²) >= 11 is 0. The Morgan fingerprint density at radius 1 is 1.22 bits per heavy atom. The Morgan fingerprint density at radius 3 is 2.65 bits per heavy atom. The van der Waals surface area contributed by atoms with Crippen molar-refractivity contribution in [2.75, 3.05) is 0 Å². The van der Waals surface area contributed by atoms with Gasteiger partial charge < -0.3 is 10.3 Å². The van der Waals surface area contributed by atoms with Crippen LogP contribution in [0.25, 0.3) is 11.3 Å². The van der Waals surface area contributed by atoms with E-state index in [1.807, 2.05) is 24.5 Å². The molecule has 2 N–H and O–H groups in total. The van der Waals surface area contributed by atoms with Gasteiger partial charge in [-0.25, -0.2) is 4.98 Å². The van der Waals surface area contributed by atoms with Crippen LogP contribution in [0.3, 0.4) is 0 Å². The molecule has 122 valence electrons. The zero-order chi connectivity index (χ0) is 16.1. The van der Waals surface area contributed by atoms with Gasteiger partial charge in [0.05, 0.1) is 12.0 Å². The molecule has 4 heteroatoms. The molecular formula is C19H25N3O. The third-order valence-corrected chi connectivity index (χ3v) is 4.86. The van der Waals surface area contributed by atoms with Crippen molar-refractivity contribution < 1.29 is 4.79 Å². The Morgan fingerprint density at radius 2 is 1.96 bits per heavy atom. The summed E-state index contributed by atoms with van der Waals surface area (Å²) < 4.78 is 2.11. The van der Waals surface area contributed by atoms with Gasteiger partial charge in [0.2, 0.25) is 5.91 Å². The van der Waals surface area contributed by atoms with Crippen LogP contribution in [0.15, 0.2) is 36.7 Å². The average molecular weight is 311 g/mol. The molecule has 1 heterocycles. The Balaban J connectivity index is 1.81. The number of rotatable bonds is 7. The van der Waals surface area contributed by atoms with Crippen molar-refractivity contribution in [1.82, 2.24) is 9.55 Å². The monoisotopic (exact) mass is 311 g/mol. The summed E-state index contributed by atoms with van der Waals surface area (Å²) in [6, 6.07) is 10.3. The van der Waals surface area contributed by atoms with E-state index in [0.717, 1.165) is 23.6 Å². The van der Waals surface area contributed by atoms with Gasteiger partial charge in [0.15, 0.2) is 0 Å². The molecule has 23 heavy (non-hydrogen) atoms. The average Bonchev–Trinajstić information content (AvgIpc) is 3.21. The number of nitrogens with zero attached hydrogens (tertiary/aromatic N) is 2. The highest BCUT2D eigenvalue weighted by Crippen LogP contribution is 2.31. The first-order valence-corrected chi connectivity index (χ1v) is 8.62. The van der Waals surface area contributed by atoms with E-state index in [4.69, 9.17) is 5.73 Å². The molecule has 1 aromatic heterocycles. The molecule has 0 unspecified atom stereocenters. The topological polar surface area (TPSA) is 60.9 Å². The van der Waals surface area contributed by atoms with Gasteiger partial charge in [-0.05, 0) is 18.8 Å². The van der Waals surface area contributed by atoms with Gasteiger partial charge in [0, 0.05) is 24.2 Å². The highest BCUT2D eigenvalue weighted by molar-refractivity contribution is 5.73. The number of amides is 1. The van der Waals surface area contributed by atoms with E-state index < -0.39 is 0 Å². The molecule has 0 spiro atoms. The van der Waals surface area contributed by atoms with E-state index in [0.29, 0.717) is 13.0 Å². The second kappa shape index (κ2) is 7.44. The van der Waals surface area contributed by atoms with Crippen molar-refractivity contribution in [3.63, 3.8) is 0 Å². The third-order valence-electron chi connectivity index (χ3n) is 4.86. The van der Waals surface area contributed by atoms with Gasteiger partial charge in [0.25, 0.3) is 0 Å². The molecular weight excluding hydrogens is 286 g/mol. The molecule has 3 rings (SSSR count). The summed E-state index contributed by atoms with van der Waals surface area (Å²) in [5.41, 5.74) is 8.74. The van der Waals surface area contributed by atoms with Crippen molar-refractivity contribution in [3.8, 4) is 11.3 Å². The van der Waals surface area contributed by atoms with E-state index >= 15 is 0 Å². The SMILES string of the molecule is NC(=O)CCn1cnc(-c2ccccc2)c1CCC1CCCC1. The molecule has 1 aromatic carbocycles. The van der Waals surface area contributed by atoms with Crippen molar-refractivity contribution in [1.29, 1.82) is 0 Å². The van der Waals surface area contributed by atoms with E-state index in [1.54, 1.807) is 0 Å². The van der Waals surface area contributed by atoms with Gasteiger partial charge >= 0.3 is 0 Å². The van der Waals surface area contributed by atoms with E-state index in [2.05, 4.69) is 21.7 Å². The largest absolute Gasteiger partial charge is 0.370 e.